The first kappa shape index (κ1) is 16.8. The summed E-state index contributed by atoms with van der Waals surface area (Å²) in [6, 6.07) is 14.0. The number of nitrogens with one attached hydrogen (secondary N) is 1. The predicted molar refractivity (Wildman–Crippen MR) is 97.5 cm³/mol. The van der Waals surface area contributed by atoms with Crippen LogP contribution in [-0.2, 0) is 6.54 Å². The minimum absolute atomic E-state index is 0.269. The standard InChI is InChI=1S/C20H14F2N4O/c21-14-4-6-15(7-5-14)27-18-10-13(8-9-23-18)11-24-20-16-2-1-3-17(22)19(16)25-12-26-20/h1-10,12H,11H2,(H,24,25,26). The molecule has 5 nitrogen and oxygen atoms in total. The molecule has 0 aliphatic heterocycles. The van der Waals surface area contributed by atoms with Crippen molar-refractivity contribution < 1.29 is 13.5 Å². The minimum atomic E-state index is -0.392. The van der Waals surface area contributed by atoms with Gasteiger partial charge in [-0.15, -0.1) is 0 Å². The number of nitrogens with zero attached hydrogens (tertiary/aromatic N) is 3. The molecule has 4 aromatic rings. The molecule has 4 rings (SSSR count). The normalized spacial score (nSPS) is 10.7. The highest BCUT2D eigenvalue weighted by molar-refractivity contribution is 5.89. The maximum absolute atomic E-state index is 13.8. The number of para-hydroxylation sites is 1. The van der Waals surface area contributed by atoms with Gasteiger partial charge in [0.05, 0.1) is 0 Å². The van der Waals surface area contributed by atoms with E-state index in [1.54, 1.807) is 24.4 Å². The molecule has 0 saturated heterocycles. The highest BCUT2D eigenvalue weighted by Gasteiger charge is 2.08. The number of hydrogen-bond donors (Lipinski definition) is 1. The SMILES string of the molecule is Fc1ccc(Oc2cc(CNc3ncnc4c(F)cccc34)ccn2)cc1. The molecule has 0 aliphatic carbocycles. The minimum Gasteiger partial charge on any atom is -0.439 e. The zero-order valence-electron chi connectivity index (χ0n) is 14.1. The van der Waals surface area contributed by atoms with Crippen molar-refractivity contribution in [2.24, 2.45) is 0 Å². The Balaban J connectivity index is 1.51. The molecule has 2 aromatic carbocycles. The molecule has 0 spiro atoms. The maximum atomic E-state index is 13.8. The number of anilines is 1. The van der Waals surface area contributed by atoms with E-state index in [9.17, 15) is 8.78 Å². The molecule has 0 radical (unpaired) electrons. The van der Waals surface area contributed by atoms with Gasteiger partial charge in [0.15, 0.2) is 0 Å². The molecule has 2 heterocycles. The molecular weight excluding hydrogens is 350 g/mol. The van der Waals surface area contributed by atoms with Crippen molar-refractivity contribution in [2.45, 2.75) is 6.54 Å². The summed E-state index contributed by atoms with van der Waals surface area (Å²) in [6.07, 6.45) is 2.94. The Morgan fingerprint density at radius 1 is 0.926 bits per heavy atom. The fraction of sp³-hybridized carbons (Fsp3) is 0.0500. The second-order valence-electron chi connectivity index (χ2n) is 5.77. The molecule has 134 valence electrons. The number of benzene rings is 2. The molecule has 0 saturated carbocycles. The van der Waals surface area contributed by atoms with Crippen LogP contribution in [-0.4, -0.2) is 15.0 Å². The van der Waals surface area contributed by atoms with Crippen molar-refractivity contribution in [1.29, 1.82) is 0 Å². The van der Waals surface area contributed by atoms with Crippen LogP contribution in [0.3, 0.4) is 0 Å². The molecule has 7 heteroatoms. The maximum Gasteiger partial charge on any atom is 0.219 e. The fourth-order valence-electron chi connectivity index (χ4n) is 2.62. The fourth-order valence-corrected chi connectivity index (χ4v) is 2.62. The van der Waals surface area contributed by atoms with Gasteiger partial charge >= 0.3 is 0 Å². The highest BCUT2D eigenvalue weighted by atomic mass is 19.1. The molecule has 0 amide bonds. The molecule has 0 unspecified atom stereocenters. The first-order valence-electron chi connectivity index (χ1n) is 8.20. The second kappa shape index (κ2) is 7.33. The van der Waals surface area contributed by atoms with Gasteiger partial charge in [-0.3, -0.25) is 0 Å². The summed E-state index contributed by atoms with van der Waals surface area (Å²) in [6.45, 7) is 0.435. The van der Waals surface area contributed by atoms with Crippen LogP contribution in [0, 0.1) is 11.6 Å². The van der Waals surface area contributed by atoms with E-state index in [4.69, 9.17) is 4.74 Å². The van der Waals surface area contributed by atoms with Crippen molar-refractivity contribution >= 4 is 16.7 Å². The largest absolute Gasteiger partial charge is 0.439 e. The van der Waals surface area contributed by atoms with Crippen molar-refractivity contribution in [1.82, 2.24) is 15.0 Å². The Kier molecular flexibility index (Phi) is 4.57. The molecule has 0 aliphatic rings. The molecule has 0 atom stereocenters. The van der Waals surface area contributed by atoms with Crippen molar-refractivity contribution in [3.8, 4) is 11.6 Å². The third-order valence-corrected chi connectivity index (χ3v) is 3.91. The molecule has 0 bridgehead atoms. The molecule has 27 heavy (non-hydrogen) atoms. The van der Waals surface area contributed by atoms with Gasteiger partial charge in [-0.05, 0) is 48.0 Å². The molecule has 0 fully saturated rings. The summed E-state index contributed by atoms with van der Waals surface area (Å²) < 4.78 is 32.5. The Morgan fingerprint density at radius 2 is 1.78 bits per heavy atom. The molecule has 1 N–H and O–H groups in total. The number of fused-ring (bicyclic) bond motifs is 1. The zero-order valence-corrected chi connectivity index (χ0v) is 14.1. The smallest absolute Gasteiger partial charge is 0.219 e. The number of ether oxygens (including phenoxy) is 1. The van der Waals surface area contributed by atoms with Gasteiger partial charge in [0.25, 0.3) is 0 Å². The van der Waals surface area contributed by atoms with Gasteiger partial charge in [-0.2, -0.15) is 0 Å². The van der Waals surface area contributed by atoms with E-state index in [-0.39, 0.29) is 11.3 Å². The summed E-state index contributed by atoms with van der Waals surface area (Å²) in [5.74, 6) is 0.696. The number of aromatic nitrogens is 3. The van der Waals surface area contributed by atoms with Gasteiger partial charge in [-0.1, -0.05) is 6.07 Å². The summed E-state index contributed by atoms with van der Waals surface area (Å²) in [5, 5.41) is 3.78. The number of hydrogen-bond acceptors (Lipinski definition) is 5. The second-order valence-corrected chi connectivity index (χ2v) is 5.77. The number of pyridine rings is 1. The Hall–Kier alpha value is -3.61. The first-order chi connectivity index (χ1) is 13.2. The van der Waals surface area contributed by atoms with E-state index < -0.39 is 5.82 Å². The van der Waals surface area contributed by atoms with Crippen LogP contribution in [0.4, 0.5) is 14.6 Å². The van der Waals surface area contributed by atoms with E-state index >= 15 is 0 Å². The Morgan fingerprint density at radius 3 is 2.63 bits per heavy atom. The third kappa shape index (κ3) is 3.82. The van der Waals surface area contributed by atoms with E-state index in [2.05, 4.69) is 20.3 Å². The van der Waals surface area contributed by atoms with Gasteiger partial charge in [0.2, 0.25) is 5.88 Å². The van der Waals surface area contributed by atoms with Crippen LogP contribution >= 0.6 is 0 Å². The summed E-state index contributed by atoms with van der Waals surface area (Å²) in [4.78, 5) is 12.3. The quantitative estimate of drug-likeness (QED) is 0.556. The van der Waals surface area contributed by atoms with Gasteiger partial charge in [0.1, 0.15) is 35.0 Å². The summed E-state index contributed by atoms with van der Waals surface area (Å²) >= 11 is 0. The number of halogens is 2. The van der Waals surface area contributed by atoms with Gasteiger partial charge in [-0.25, -0.2) is 23.7 Å². The predicted octanol–water partition coefficient (Wildman–Crippen LogP) is 4.71. The monoisotopic (exact) mass is 364 g/mol. The van der Waals surface area contributed by atoms with E-state index in [1.807, 2.05) is 6.07 Å². The zero-order chi connectivity index (χ0) is 18.6. The van der Waals surface area contributed by atoms with Crippen molar-refractivity contribution in [3.63, 3.8) is 0 Å². The average Bonchev–Trinajstić information content (AvgIpc) is 2.69. The third-order valence-electron chi connectivity index (χ3n) is 3.91. The average molecular weight is 364 g/mol. The van der Waals surface area contributed by atoms with E-state index in [0.29, 0.717) is 29.4 Å². The molecular formula is C20H14F2N4O. The van der Waals surface area contributed by atoms with Gasteiger partial charge < -0.3 is 10.1 Å². The number of rotatable bonds is 5. The van der Waals surface area contributed by atoms with Crippen LogP contribution < -0.4 is 10.1 Å². The first-order valence-corrected chi connectivity index (χ1v) is 8.20. The Bertz CT molecular complexity index is 1090. The summed E-state index contributed by atoms with van der Waals surface area (Å²) in [5.41, 5.74) is 1.16. The van der Waals surface area contributed by atoms with Crippen LogP contribution in [0.25, 0.3) is 10.9 Å². The lowest BCUT2D eigenvalue weighted by atomic mass is 10.2. The van der Waals surface area contributed by atoms with Gasteiger partial charge in [0, 0.05) is 24.2 Å². The lowest BCUT2D eigenvalue weighted by Crippen LogP contribution is -2.03. The lowest BCUT2D eigenvalue weighted by molar-refractivity contribution is 0.460. The van der Waals surface area contributed by atoms with Crippen molar-refractivity contribution in [2.75, 3.05) is 5.32 Å². The highest BCUT2D eigenvalue weighted by Crippen LogP contribution is 2.23. The lowest BCUT2D eigenvalue weighted by Gasteiger charge is -2.10. The van der Waals surface area contributed by atoms with Crippen LogP contribution in [0.15, 0.2) is 67.1 Å². The van der Waals surface area contributed by atoms with Crippen LogP contribution in [0.5, 0.6) is 11.6 Å². The van der Waals surface area contributed by atoms with Crippen LogP contribution in [0.2, 0.25) is 0 Å². The van der Waals surface area contributed by atoms with Crippen molar-refractivity contribution in [3.05, 3.63) is 84.3 Å². The van der Waals surface area contributed by atoms with E-state index in [1.165, 1.54) is 36.7 Å². The van der Waals surface area contributed by atoms with Crippen LogP contribution in [0.1, 0.15) is 5.56 Å². The summed E-state index contributed by atoms with van der Waals surface area (Å²) in [7, 11) is 0. The van der Waals surface area contributed by atoms with E-state index in [0.717, 1.165) is 5.56 Å². The topological polar surface area (TPSA) is 59.9 Å². The molecule has 2 aromatic heterocycles. The Labute approximate surface area is 153 Å².